The summed E-state index contributed by atoms with van der Waals surface area (Å²) in [4.78, 5) is 31.5. The van der Waals surface area contributed by atoms with Crippen molar-refractivity contribution in [3.05, 3.63) is 55.1 Å². The zero-order valence-corrected chi connectivity index (χ0v) is 21.0. The number of hydrogen-bond donors (Lipinski definition) is 2. The van der Waals surface area contributed by atoms with Crippen LogP contribution in [0, 0.1) is 0 Å². The maximum Gasteiger partial charge on any atom is 0.413 e. The molecular formula is C26H31N7O4. The summed E-state index contributed by atoms with van der Waals surface area (Å²) in [6.07, 6.45) is 6.25. The van der Waals surface area contributed by atoms with Gasteiger partial charge in [0.25, 0.3) is 0 Å². The molecule has 3 heterocycles. The summed E-state index contributed by atoms with van der Waals surface area (Å²) >= 11 is 0. The third kappa shape index (κ3) is 7.45. The second-order valence-corrected chi connectivity index (χ2v) is 8.09. The molecule has 11 nitrogen and oxygen atoms in total. The van der Waals surface area contributed by atoms with Gasteiger partial charge in [0.15, 0.2) is 5.82 Å². The minimum absolute atomic E-state index is 0.237. The Hall–Kier alpha value is -4.09. The van der Waals surface area contributed by atoms with Gasteiger partial charge in [-0.05, 0) is 36.8 Å². The molecule has 0 spiro atoms. The molecule has 2 N–H and O–H groups in total. The molecule has 0 bridgehead atoms. The van der Waals surface area contributed by atoms with Crippen molar-refractivity contribution < 1.29 is 19.0 Å². The summed E-state index contributed by atoms with van der Waals surface area (Å²) in [6, 6.07) is 9.50. The number of hydrogen-bond acceptors (Lipinski definition) is 9. The lowest BCUT2D eigenvalue weighted by molar-refractivity contribution is 0.0322. The number of alkyl carbamates (subject to hydrolysis) is 1. The van der Waals surface area contributed by atoms with Gasteiger partial charge in [0, 0.05) is 56.4 Å². The van der Waals surface area contributed by atoms with Crippen molar-refractivity contribution in [1.29, 1.82) is 0 Å². The molecule has 1 aliphatic heterocycles. The van der Waals surface area contributed by atoms with Gasteiger partial charge >= 0.3 is 6.09 Å². The highest BCUT2D eigenvalue weighted by Gasteiger charge is 2.14. The van der Waals surface area contributed by atoms with E-state index in [9.17, 15) is 4.79 Å². The highest BCUT2D eigenvalue weighted by Crippen LogP contribution is 2.32. The smallest absolute Gasteiger partial charge is 0.413 e. The Labute approximate surface area is 215 Å². The van der Waals surface area contributed by atoms with E-state index in [1.807, 2.05) is 24.3 Å². The van der Waals surface area contributed by atoms with Crippen LogP contribution in [0.4, 0.5) is 10.5 Å². The van der Waals surface area contributed by atoms with Crippen molar-refractivity contribution in [2.45, 2.75) is 6.92 Å². The number of carbonyl (C=O) groups is 1. The Morgan fingerprint density at radius 1 is 1.14 bits per heavy atom. The van der Waals surface area contributed by atoms with E-state index in [1.54, 1.807) is 44.8 Å². The highest BCUT2D eigenvalue weighted by molar-refractivity contribution is 6.04. The Bertz CT molecular complexity index is 1200. The molecule has 11 heteroatoms. The molecule has 2 aromatic heterocycles. The van der Waals surface area contributed by atoms with E-state index in [-0.39, 0.29) is 12.6 Å². The number of amides is 1. The summed E-state index contributed by atoms with van der Waals surface area (Å²) < 4.78 is 16.3. The zero-order valence-electron chi connectivity index (χ0n) is 21.0. The number of aromatic nitrogens is 3. The number of morpholine rings is 1. The van der Waals surface area contributed by atoms with Gasteiger partial charge in [-0.1, -0.05) is 6.07 Å². The molecule has 37 heavy (non-hydrogen) atoms. The van der Waals surface area contributed by atoms with Crippen LogP contribution in [0.2, 0.25) is 0 Å². The first-order valence-electron chi connectivity index (χ1n) is 12.1. The summed E-state index contributed by atoms with van der Waals surface area (Å²) in [6.45, 7) is 6.77. The van der Waals surface area contributed by atoms with Crippen LogP contribution in [0.15, 0.2) is 60.1 Å². The molecule has 1 aliphatic rings. The molecule has 0 aliphatic carbocycles. The molecule has 194 valence electrons. The number of benzene rings is 1. The number of pyridine rings is 1. The third-order valence-corrected chi connectivity index (χ3v) is 5.63. The molecular weight excluding hydrogens is 474 g/mol. The molecule has 0 radical (unpaired) electrons. The first-order chi connectivity index (χ1) is 18.2. The van der Waals surface area contributed by atoms with E-state index in [1.165, 1.54) is 0 Å². The number of anilines is 1. The summed E-state index contributed by atoms with van der Waals surface area (Å²) in [5.41, 5.74) is 3.19. The van der Waals surface area contributed by atoms with Gasteiger partial charge in [0.2, 0.25) is 5.96 Å². The van der Waals surface area contributed by atoms with Gasteiger partial charge in [0.05, 0.1) is 31.7 Å². The average molecular weight is 506 g/mol. The second kappa shape index (κ2) is 13.3. The van der Waals surface area contributed by atoms with Crippen LogP contribution in [-0.4, -0.2) is 85.0 Å². The van der Waals surface area contributed by atoms with E-state index < -0.39 is 6.09 Å². The van der Waals surface area contributed by atoms with Crippen LogP contribution >= 0.6 is 0 Å². The SMILES string of the molecule is CCOC(=O)NC(=NC)Nc1ccc(-c2cncc(OCCN3CCOCC3)c2)cc1-c1ncccn1. The number of ether oxygens (including phenoxy) is 3. The van der Waals surface area contributed by atoms with Crippen LogP contribution in [-0.2, 0) is 9.47 Å². The lowest BCUT2D eigenvalue weighted by Crippen LogP contribution is -2.38. The topological polar surface area (TPSA) is 123 Å². The maximum absolute atomic E-state index is 11.9. The van der Waals surface area contributed by atoms with Gasteiger partial charge in [-0.3, -0.25) is 20.2 Å². The molecule has 1 saturated heterocycles. The molecule has 3 aromatic rings. The average Bonchev–Trinajstić information content (AvgIpc) is 2.94. The van der Waals surface area contributed by atoms with Gasteiger partial charge in [0.1, 0.15) is 12.4 Å². The normalized spacial score (nSPS) is 14.2. The highest BCUT2D eigenvalue weighted by atomic mass is 16.5. The minimum Gasteiger partial charge on any atom is -0.491 e. The van der Waals surface area contributed by atoms with E-state index in [4.69, 9.17) is 14.2 Å². The molecule has 0 atom stereocenters. The molecule has 4 rings (SSSR count). The molecule has 1 fully saturated rings. The summed E-state index contributed by atoms with van der Waals surface area (Å²) in [5.74, 6) is 1.45. The first kappa shape index (κ1) is 26.0. The fraction of sp³-hybridized carbons (Fsp3) is 0.346. The quantitative estimate of drug-likeness (QED) is 0.351. The Morgan fingerprint density at radius 2 is 1.95 bits per heavy atom. The second-order valence-electron chi connectivity index (χ2n) is 8.09. The van der Waals surface area contributed by atoms with Crippen molar-refractivity contribution in [2.24, 2.45) is 4.99 Å². The van der Waals surface area contributed by atoms with Gasteiger partial charge in [-0.25, -0.2) is 14.8 Å². The Balaban J connectivity index is 1.54. The maximum atomic E-state index is 11.9. The lowest BCUT2D eigenvalue weighted by atomic mass is 10.0. The zero-order chi connectivity index (χ0) is 25.9. The Kier molecular flexibility index (Phi) is 9.33. The van der Waals surface area contributed by atoms with Crippen LogP contribution in [0.1, 0.15) is 6.92 Å². The molecule has 1 amide bonds. The van der Waals surface area contributed by atoms with Crippen LogP contribution < -0.4 is 15.4 Å². The van der Waals surface area contributed by atoms with Gasteiger partial charge < -0.3 is 19.5 Å². The molecule has 0 unspecified atom stereocenters. The third-order valence-electron chi connectivity index (χ3n) is 5.63. The fourth-order valence-electron chi connectivity index (χ4n) is 3.76. The van der Waals surface area contributed by atoms with Crippen LogP contribution in [0.25, 0.3) is 22.5 Å². The van der Waals surface area contributed by atoms with E-state index >= 15 is 0 Å². The first-order valence-corrected chi connectivity index (χ1v) is 12.1. The van der Waals surface area contributed by atoms with Gasteiger partial charge in [-0.2, -0.15) is 0 Å². The van der Waals surface area contributed by atoms with E-state index in [0.717, 1.165) is 49.5 Å². The van der Waals surface area contributed by atoms with E-state index in [0.29, 0.717) is 23.9 Å². The van der Waals surface area contributed by atoms with Crippen molar-refractivity contribution in [3.8, 4) is 28.3 Å². The standard InChI is InChI=1S/C26H31N7O4/c1-3-36-26(34)32-25(27-2)31-23-6-5-19(16-22(23)24-29-7-4-8-30-24)20-15-21(18-28-17-20)37-14-11-33-9-12-35-13-10-33/h4-8,15-18H,3,9-14H2,1-2H3,(H2,27,31,32,34). The number of nitrogens with zero attached hydrogens (tertiary/aromatic N) is 5. The largest absolute Gasteiger partial charge is 0.491 e. The van der Waals surface area contributed by atoms with Crippen molar-refractivity contribution in [1.82, 2.24) is 25.2 Å². The predicted octanol–water partition coefficient (Wildman–Crippen LogP) is 3.06. The molecule has 0 saturated carbocycles. The number of aliphatic imine (C=N–C) groups is 1. The van der Waals surface area contributed by atoms with Crippen molar-refractivity contribution in [2.75, 3.05) is 58.4 Å². The number of rotatable bonds is 8. The Morgan fingerprint density at radius 3 is 2.70 bits per heavy atom. The van der Waals surface area contributed by atoms with Gasteiger partial charge in [-0.15, -0.1) is 0 Å². The summed E-state index contributed by atoms with van der Waals surface area (Å²) in [7, 11) is 1.57. The number of guanidine groups is 1. The predicted molar refractivity (Wildman–Crippen MR) is 141 cm³/mol. The van der Waals surface area contributed by atoms with Crippen molar-refractivity contribution in [3.63, 3.8) is 0 Å². The van der Waals surface area contributed by atoms with Crippen LogP contribution in [0.3, 0.4) is 0 Å². The van der Waals surface area contributed by atoms with Crippen molar-refractivity contribution >= 4 is 17.7 Å². The number of nitrogens with one attached hydrogen (secondary N) is 2. The lowest BCUT2D eigenvalue weighted by Gasteiger charge is -2.26. The molecule has 1 aromatic carbocycles. The monoisotopic (exact) mass is 505 g/mol. The number of carbonyl (C=O) groups excluding carboxylic acids is 1. The van der Waals surface area contributed by atoms with E-state index in [2.05, 4.69) is 35.5 Å². The summed E-state index contributed by atoms with van der Waals surface area (Å²) in [5, 5.41) is 5.73. The fourth-order valence-corrected chi connectivity index (χ4v) is 3.76. The van der Waals surface area contributed by atoms with Crippen LogP contribution in [0.5, 0.6) is 5.75 Å². The minimum atomic E-state index is -0.596.